The van der Waals surface area contributed by atoms with E-state index in [2.05, 4.69) is 43.2 Å². The molecule has 1 heterocycles. The van der Waals surface area contributed by atoms with E-state index in [4.69, 9.17) is 39.7 Å². The number of primary amides is 1. The van der Waals surface area contributed by atoms with Crippen molar-refractivity contribution in [3.8, 4) is 5.69 Å². The number of carbonyl (C=O) groups is 4. The minimum atomic E-state index is -0.969. The van der Waals surface area contributed by atoms with Crippen LogP contribution in [0.25, 0.3) is 16.1 Å². The summed E-state index contributed by atoms with van der Waals surface area (Å²) < 4.78 is 34.3. The standard InChI is InChI=1S/C36H57N10O10/c1-27(2)33(44-32(47)10-15-51-17-19-53-21-23-55-25-26-56-24-22-54-20-18-52-16-13-41-45-38)35(49)43-31(5-4-11-40-36(37)50)34(48)42-29-6-8-30(9-7-29)46-14-12-39-28(46)3/h6-9,12,14,27,31,33H,3-5,10-11,13,15-26H2,1-2H3,(H,42,48)(H,43,49)(H,44,47)(H3,37,40,50)/t31-,33-/m0/s1. The lowest BCUT2D eigenvalue weighted by Gasteiger charge is -2.25. The zero-order valence-corrected chi connectivity index (χ0v) is 32.3. The highest BCUT2D eigenvalue weighted by Gasteiger charge is 2.29. The van der Waals surface area contributed by atoms with Crippen LogP contribution in [0.2, 0.25) is 0 Å². The highest BCUT2D eigenvalue weighted by molar-refractivity contribution is 5.98. The third-order valence-corrected chi connectivity index (χ3v) is 7.73. The Kier molecular flexibility index (Phi) is 24.9. The first-order valence-corrected chi connectivity index (χ1v) is 18.5. The number of aromatic nitrogens is 2. The van der Waals surface area contributed by atoms with Gasteiger partial charge in [0.25, 0.3) is 0 Å². The van der Waals surface area contributed by atoms with Gasteiger partial charge in [0.1, 0.15) is 17.9 Å². The number of nitrogens with one attached hydrogen (secondary N) is 4. The molecule has 311 valence electrons. The number of carbonyl (C=O) groups excluding carboxylic acids is 4. The van der Waals surface area contributed by atoms with E-state index in [9.17, 15) is 19.2 Å². The van der Waals surface area contributed by atoms with Crippen molar-refractivity contribution in [3.63, 3.8) is 0 Å². The van der Waals surface area contributed by atoms with E-state index in [1.165, 1.54) is 0 Å². The SMILES string of the molecule is [CH2]c1nccn1-c1ccc(NC(=O)[C@H](CCCNC(N)=O)NC(=O)[C@@H](NC(=O)CCOCCOCCOCCOCCOCCOCCN=[N+]=[N-])C(C)C)cc1. The van der Waals surface area contributed by atoms with Crippen LogP contribution in [0, 0.1) is 12.8 Å². The summed E-state index contributed by atoms with van der Waals surface area (Å²) in [5.74, 6) is -1.09. The third-order valence-electron chi connectivity index (χ3n) is 7.73. The monoisotopic (exact) mass is 789 g/mol. The first-order valence-electron chi connectivity index (χ1n) is 18.5. The second kappa shape index (κ2) is 29.5. The quantitative estimate of drug-likeness (QED) is 0.0309. The molecule has 1 radical (unpaired) electrons. The van der Waals surface area contributed by atoms with Crippen molar-refractivity contribution >= 4 is 29.4 Å². The third kappa shape index (κ3) is 21.3. The van der Waals surface area contributed by atoms with Gasteiger partial charge in [0.05, 0.1) is 79.3 Å². The van der Waals surface area contributed by atoms with Gasteiger partial charge in [-0.05, 0) is 48.6 Å². The predicted molar refractivity (Wildman–Crippen MR) is 206 cm³/mol. The Morgan fingerprint density at radius 1 is 0.839 bits per heavy atom. The molecule has 2 atom stereocenters. The van der Waals surface area contributed by atoms with Crippen LogP contribution in [-0.4, -0.2) is 138 Å². The molecule has 2 rings (SSSR count). The second-order valence-corrected chi connectivity index (χ2v) is 12.4. The first kappa shape index (κ1) is 47.3. The molecule has 56 heavy (non-hydrogen) atoms. The number of anilines is 1. The molecule has 0 saturated carbocycles. The fourth-order valence-corrected chi connectivity index (χ4v) is 4.85. The van der Waals surface area contributed by atoms with Crippen molar-refractivity contribution < 1.29 is 47.6 Å². The number of amides is 5. The highest BCUT2D eigenvalue weighted by Crippen LogP contribution is 2.16. The predicted octanol–water partition coefficient (Wildman–Crippen LogP) is 1.87. The Balaban J connectivity index is 1.64. The molecule has 1 aromatic heterocycles. The van der Waals surface area contributed by atoms with Crippen LogP contribution < -0.4 is 27.0 Å². The Morgan fingerprint density at radius 3 is 1.89 bits per heavy atom. The summed E-state index contributed by atoms with van der Waals surface area (Å²) in [7, 11) is 0. The molecule has 6 N–H and O–H groups in total. The summed E-state index contributed by atoms with van der Waals surface area (Å²) in [4.78, 5) is 57.4. The van der Waals surface area contributed by atoms with Gasteiger partial charge in [-0.3, -0.25) is 14.4 Å². The molecule has 0 aliphatic carbocycles. The Morgan fingerprint density at radius 2 is 1.39 bits per heavy atom. The summed E-state index contributed by atoms with van der Waals surface area (Å²) >= 11 is 0. The normalized spacial score (nSPS) is 12.1. The zero-order chi connectivity index (χ0) is 40.8. The van der Waals surface area contributed by atoms with Gasteiger partial charge < -0.3 is 60.0 Å². The Bertz CT molecular complexity index is 1470. The molecule has 1 aromatic carbocycles. The molecular formula is C36H57N10O10. The van der Waals surface area contributed by atoms with Gasteiger partial charge in [0.15, 0.2) is 0 Å². The minimum absolute atomic E-state index is 0.0185. The molecule has 0 aliphatic heterocycles. The van der Waals surface area contributed by atoms with Crippen LogP contribution in [0.1, 0.15) is 38.9 Å². The van der Waals surface area contributed by atoms with Crippen LogP contribution >= 0.6 is 0 Å². The number of imidazole rings is 1. The fraction of sp³-hybridized carbons (Fsp3) is 0.611. The maximum absolute atomic E-state index is 13.4. The van der Waals surface area contributed by atoms with Crippen LogP contribution in [0.3, 0.4) is 0 Å². The van der Waals surface area contributed by atoms with Crippen molar-refractivity contribution in [2.75, 3.05) is 97.7 Å². The van der Waals surface area contributed by atoms with E-state index in [1.807, 2.05) is 0 Å². The number of azide groups is 1. The van der Waals surface area contributed by atoms with Crippen molar-refractivity contribution in [1.29, 1.82) is 0 Å². The maximum Gasteiger partial charge on any atom is 0.312 e. The lowest BCUT2D eigenvalue weighted by Crippen LogP contribution is -2.54. The molecule has 0 saturated heterocycles. The van der Waals surface area contributed by atoms with Crippen molar-refractivity contribution in [1.82, 2.24) is 25.5 Å². The van der Waals surface area contributed by atoms with Crippen LogP contribution in [-0.2, 0) is 42.8 Å². The smallest absolute Gasteiger partial charge is 0.312 e. The van der Waals surface area contributed by atoms with Gasteiger partial charge in [0.2, 0.25) is 17.7 Å². The van der Waals surface area contributed by atoms with E-state index < -0.39 is 29.9 Å². The average Bonchev–Trinajstić information content (AvgIpc) is 3.61. The summed E-state index contributed by atoms with van der Waals surface area (Å²) in [5, 5.41) is 14.2. The van der Waals surface area contributed by atoms with Gasteiger partial charge in [-0.2, -0.15) is 0 Å². The van der Waals surface area contributed by atoms with Gasteiger partial charge in [-0.1, -0.05) is 19.0 Å². The van der Waals surface area contributed by atoms with Crippen LogP contribution in [0.4, 0.5) is 10.5 Å². The molecule has 0 aliphatic rings. The molecular weight excluding hydrogens is 732 g/mol. The number of benzene rings is 1. The van der Waals surface area contributed by atoms with Crippen molar-refractivity contribution in [2.24, 2.45) is 16.8 Å². The lowest BCUT2D eigenvalue weighted by molar-refractivity contribution is -0.132. The molecule has 2 aromatic rings. The number of nitrogens with two attached hydrogens (primary N) is 1. The van der Waals surface area contributed by atoms with E-state index in [0.29, 0.717) is 90.5 Å². The Hall–Kier alpha value is -4.82. The highest BCUT2D eigenvalue weighted by atomic mass is 16.6. The number of nitrogens with zero attached hydrogens (tertiary/aromatic N) is 5. The molecule has 20 nitrogen and oxygen atoms in total. The topological polar surface area (TPSA) is 264 Å². The second-order valence-electron chi connectivity index (χ2n) is 12.4. The minimum Gasteiger partial charge on any atom is -0.379 e. The number of ether oxygens (including phenoxy) is 6. The molecule has 20 heteroatoms. The number of hydrogen-bond acceptors (Lipinski definition) is 12. The summed E-state index contributed by atoms with van der Waals surface area (Å²) in [6.45, 7) is 12.3. The van der Waals surface area contributed by atoms with Crippen LogP contribution in [0.5, 0.6) is 0 Å². The van der Waals surface area contributed by atoms with Gasteiger partial charge in [-0.25, -0.2) is 9.78 Å². The van der Waals surface area contributed by atoms with E-state index >= 15 is 0 Å². The lowest BCUT2D eigenvalue weighted by atomic mass is 10.0. The largest absolute Gasteiger partial charge is 0.379 e. The van der Waals surface area contributed by atoms with Gasteiger partial charge in [-0.15, -0.1) is 0 Å². The summed E-state index contributed by atoms with van der Waals surface area (Å²) in [5.41, 5.74) is 14.6. The maximum atomic E-state index is 13.4. The Labute approximate surface area is 327 Å². The molecule has 0 unspecified atom stereocenters. The summed E-state index contributed by atoms with van der Waals surface area (Å²) in [6, 6.07) is 4.46. The van der Waals surface area contributed by atoms with E-state index in [1.54, 1.807) is 55.1 Å². The number of hydrogen-bond donors (Lipinski definition) is 5. The summed E-state index contributed by atoms with van der Waals surface area (Å²) in [6.07, 6.45) is 3.98. The number of urea groups is 1. The van der Waals surface area contributed by atoms with Crippen molar-refractivity contribution in [3.05, 3.63) is 59.9 Å². The number of rotatable bonds is 32. The molecule has 0 fully saturated rings. The molecule has 5 amide bonds. The molecule has 0 bridgehead atoms. The van der Waals surface area contributed by atoms with Gasteiger partial charge in [0, 0.05) is 55.1 Å². The average molecular weight is 790 g/mol. The first-order chi connectivity index (χ1) is 27.1. The van der Waals surface area contributed by atoms with Gasteiger partial charge >= 0.3 is 6.03 Å². The zero-order valence-electron chi connectivity index (χ0n) is 32.3. The fourth-order valence-electron chi connectivity index (χ4n) is 4.85. The van der Waals surface area contributed by atoms with Crippen LogP contribution in [0.15, 0.2) is 41.8 Å². The van der Waals surface area contributed by atoms with E-state index in [0.717, 1.165) is 5.69 Å². The van der Waals surface area contributed by atoms with E-state index in [-0.39, 0.29) is 44.4 Å². The molecule has 0 spiro atoms. The van der Waals surface area contributed by atoms with Crippen molar-refractivity contribution in [2.45, 2.75) is 45.2 Å².